The van der Waals surface area contributed by atoms with Gasteiger partial charge in [0.1, 0.15) is 5.01 Å². The van der Waals surface area contributed by atoms with Gasteiger partial charge in [-0.3, -0.25) is 0 Å². The normalized spacial score (nSPS) is 16.3. The van der Waals surface area contributed by atoms with Crippen LogP contribution in [0.1, 0.15) is 34.7 Å². The number of rotatable bonds is 5. The lowest BCUT2D eigenvalue weighted by Crippen LogP contribution is -2.41. The van der Waals surface area contributed by atoms with E-state index in [-0.39, 0.29) is 30.5 Å². The number of nitrogens with one attached hydrogen (secondary N) is 2. The van der Waals surface area contributed by atoms with Gasteiger partial charge in [0.15, 0.2) is 11.7 Å². The average Bonchev–Trinajstić information content (AvgIpc) is 3.02. The second-order valence-electron chi connectivity index (χ2n) is 5.80. The first-order valence-electron chi connectivity index (χ1n) is 8.09. The van der Waals surface area contributed by atoms with Crippen LogP contribution in [0, 0.1) is 0 Å². The fourth-order valence-corrected chi connectivity index (χ4v) is 3.49. The first-order valence-corrected chi connectivity index (χ1v) is 8.97. The van der Waals surface area contributed by atoms with E-state index in [0.717, 1.165) is 29.7 Å². The quantitative estimate of drug-likeness (QED) is 0.371. The predicted octanol–water partition coefficient (Wildman–Crippen LogP) is 4.17. The molecule has 1 unspecified atom stereocenters. The van der Waals surface area contributed by atoms with Gasteiger partial charge in [0.2, 0.25) is 0 Å². The summed E-state index contributed by atoms with van der Waals surface area (Å²) in [5.74, 6) is 1.03. The van der Waals surface area contributed by atoms with Gasteiger partial charge in [0.05, 0.1) is 6.54 Å². The molecule has 0 saturated carbocycles. The van der Waals surface area contributed by atoms with Crippen molar-refractivity contribution in [2.75, 3.05) is 13.1 Å². The molecule has 2 N–H and O–H groups in total. The van der Waals surface area contributed by atoms with E-state index >= 15 is 0 Å². The van der Waals surface area contributed by atoms with E-state index in [1.165, 1.54) is 11.1 Å². The number of hydrogen-bond acceptors (Lipinski definition) is 3. The summed E-state index contributed by atoms with van der Waals surface area (Å²) in [7, 11) is 0. The van der Waals surface area contributed by atoms with Crippen LogP contribution in [-0.2, 0) is 19.1 Å². The Morgan fingerprint density at radius 3 is 2.73 bits per heavy atom. The molecule has 1 aromatic carbocycles. The lowest BCUT2D eigenvalue weighted by Gasteiger charge is -2.30. The standard InChI is InChI=1S/C17H19F3N4S.HI/c1-2-21-16(22-8-12-7-11-5-3-4-6-13(11)12)23-9-15-24-14(10-25-15)17(18,19)20;/h3-6,10,12H,2,7-9H2,1H3,(H2,21,22,23);1H. The van der Waals surface area contributed by atoms with Crippen molar-refractivity contribution >= 4 is 41.3 Å². The fourth-order valence-electron chi connectivity index (χ4n) is 2.77. The molecule has 1 aliphatic rings. The van der Waals surface area contributed by atoms with Crippen molar-refractivity contribution in [2.24, 2.45) is 4.99 Å². The molecule has 26 heavy (non-hydrogen) atoms. The number of fused-ring (bicyclic) bond motifs is 1. The van der Waals surface area contributed by atoms with E-state index in [1.807, 2.05) is 19.1 Å². The number of aliphatic imine (C=N–C) groups is 1. The number of alkyl halides is 3. The Morgan fingerprint density at radius 1 is 1.31 bits per heavy atom. The molecular weight excluding hydrogens is 476 g/mol. The molecule has 1 aliphatic carbocycles. The fraction of sp³-hybridized carbons (Fsp3) is 0.412. The zero-order valence-electron chi connectivity index (χ0n) is 14.1. The molecule has 0 spiro atoms. The van der Waals surface area contributed by atoms with Gasteiger partial charge in [0, 0.05) is 24.4 Å². The minimum Gasteiger partial charge on any atom is -0.357 e. The molecule has 142 valence electrons. The Balaban J connectivity index is 0.00000243. The SMILES string of the molecule is CCNC(=NCc1nc(C(F)(F)F)cs1)NCC1Cc2ccccc21.I. The molecule has 9 heteroatoms. The summed E-state index contributed by atoms with van der Waals surface area (Å²) in [6.45, 7) is 3.49. The largest absolute Gasteiger partial charge is 0.434 e. The maximum absolute atomic E-state index is 12.6. The van der Waals surface area contributed by atoms with Gasteiger partial charge in [-0.25, -0.2) is 9.98 Å². The Kier molecular flexibility index (Phi) is 7.27. The highest BCUT2D eigenvalue weighted by molar-refractivity contribution is 14.0. The first kappa shape index (κ1) is 20.9. The minimum absolute atomic E-state index is 0. The van der Waals surface area contributed by atoms with E-state index in [2.05, 4.69) is 32.7 Å². The first-order chi connectivity index (χ1) is 12.0. The van der Waals surface area contributed by atoms with Gasteiger partial charge in [0.25, 0.3) is 0 Å². The van der Waals surface area contributed by atoms with Crippen molar-refractivity contribution in [2.45, 2.75) is 32.0 Å². The number of halogens is 4. The van der Waals surface area contributed by atoms with Gasteiger partial charge in [-0.15, -0.1) is 35.3 Å². The van der Waals surface area contributed by atoms with Crippen LogP contribution in [0.3, 0.4) is 0 Å². The Labute approximate surface area is 171 Å². The van der Waals surface area contributed by atoms with Gasteiger partial charge in [-0.1, -0.05) is 24.3 Å². The Bertz CT molecular complexity index is 760. The topological polar surface area (TPSA) is 49.3 Å². The van der Waals surface area contributed by atoms with Crippen molar-refractivity contribution in [3.8, 4) is 0 Å². The summed E-state index contributed by atoms with van der Waals surface area (Å²) in [6, 6.07) is 8.33. The van der Waals surface area contributed by atoms with Gasteiger partial charge in [-0.05, 0) is 24.5 Å². The van der Waals surface area contributed by atoms with E-state index in [0.29, 0.717) is 23.4 Å². The van der Waals surface area contributed by atoms with Gasteiger partial charge < -0.3 is 10.6 Å². The lowest BCUT2D eigenvalue weighted by molar-refractivity contribution is -0.140. The van der Waals surface area contributed by atoms with E-state index in [4.69, 9.17) is 0 Å². The van der Waals surface area contributed by atoms with E-state index in [9.17, 15) is 13.2 Å². The van der Waals surface area contributed by atoms with Crippen LogP contribution < -0.4 is 10.6 Å². The van der Waals surface area contributed by atoms with Crippen LogP contribution in [0.4, 0.5) is 13.2 Å². The van der Waals surface area contributed by atoms with E-state index in [1.54, 1.807) is 0 Å². The third-order valence-electron chi connectivity index (χ3n) is 4.04. The molecule has 0 fully saturated rings. The molecule has 0 saturated heterocycles. The number of thiazole rings is 1. The van der Waals surface area contributed by atoms with Crippen LogP contribution >= 0.6 is 35.3 Å². The zero-order valence-corrected chi connectivity index (χ0v) is 17.3. The Morgan fingerprint density at radius 2 is 2.08 bits per heavy atom. The summed E-state index contributed by atoms with van der Waals surface area (Å²) in [5, 5.41) is 7.75. The average molecular weight is 496 g/mol. The molecule has 0 aliphatic heterocycles. The van der Waals surface area contributed by atoms with Crippen molar-refractivity contribution in [1.29, 1.82) is 0 Å². The van der Waals surface area contributed by atoms with Crippen molar-refractivity contribution in [1.82, 2.24) is 15.6 Å². The molecule has 0 bridgehead atoms. The molecule has 0 amide bonds. The highest BCUT2D eigenvalue weighted by Crippen LogP contribution is 2.34. The lowest BCUT2D eigenvalue weighted by atomic mass is 9.78. The number of hydrogen-bond donors (Lipinski definition) is 2. The molecule has 1 aromatic heterocycles. The number of aromatic nitrogens is 1. The van der Waals surface area contributed by atoms with Gasteiger partial charge in [-0.2, -0.15) is 13.2 Å². The van der Waals surface area contributed by atoms with Crippen LogP contribution in [0.2, 0.25) is 0 Å². The van der Waals surface area contributed by atoms with Crippen LogP contribution in [0.5, 0.6) is 0 Å². The van der Waals surface area contributed by atoms with Crippen molar-refractivity contribution < 1.29 is 13.2 Å². The van der Waals surface area contributed by atoms with Crippen LogP contribution in [0.15, 0.2) is 34.6 Å². The highest BCUT2D eigenvalue weighted by Gasteiger charge is 2.33. The molecule has 2 aromatic rings. The highest BCUT2D eigenvalue weighted by atomic mass is 127. The summed E-state index contributed by atoms with van der Waals surface area (Å²) in [6.07, 6.45) is -3.37. The minimum atomic E-state index is -4.40. The molecule has 1 atom stereocenters. The van der Waals surface area contributed by atoms with Crippen molar-refractivity contribution in [3.63, 3.8) is 0 Å². The third-order valence-corrected chi connectivity index (χ3v) is 4.87. The number of benzene rings is 1. The summed E-state index contributed by atoms with van der Waals surface area (Å²) in [4.78, 5) is 7.94. The Hall–Kier alpha value is -1.36. The number of guanidine groups is 1. The summed E-state index contributed by atoms with van der Waals surface area (Å²) < 4.78 is 37.7. The zero-order chi connectivity index (χ0) is 17.9. The maximum Gasteiger partial charge on any atom is 0.434 e. The van der Waals surface area contributed by atoms with Gasteiger partial charge >= 0.3 is 6.18 Å². The molecule has 0 radical (unpaired) electrons. The maximum atomic E-state index is 12.6. The molecule has 3 rings (SSSR count). The van der Waals surface area contributed by atoms with Crippen LogP contribution in [0.25, 0.3) is 0 Å². The predicted molar refractivity (Wildman–Crippen MR) is 108 cm³/mol. The van der Waals surface area contributed by atoms with E-state index < -0.39 is 11.9 Å². The smallest absolute Gasteiger partial charge is 0.357 e. The number of nitrogens with zero attached hydrogens (tertiary/aromatic N) is 2. The summed E-state index contributed by atoms with van der Waals surface area (Å²) in [5.41, 5.74) is 1.87. The second kappa shape index (κ2) is 9.03. The van der Waals surface area contributed by atoms with Crippen molar-refractivity contribution in [3.05, 3.63) is 51.5 Å². The second-order valence-corrected chi connectivity index (χ2v) is 6.74. The van der Waals surface area contributed by atoms with Crippen LogP contribution in [-0.4, -0.2) is 24.0 Å². The monoisotopic (exact) mass is 496 g/mol. The third kappa shape index (κ3) is 5.09. The molecule has 4 nitrogen and oxygen atoms in total. The summed E-state index contributed by atoms with van der Waals surface area (Å²) >= 11 is 0.974. The molecular formula is C17H20F3IN4S. The molecule has 1 heterocycles.